The Balaban J connectivity index is 2.01. The van der Waals surface area contributed by atoms with Gasteiger partial charge in [0, 0.05) is 18.5 Å². The minimum atomic E-state index is -0.320. The van der Waals surface area contributed by atoms with E-state index in [4.69, 9.17) is 0 Å². The lowest BCUT2D eigenvalue weighted by molar-refractivity contribution is -0.137. The molecule has 1 aromatic carbocycles. The first kappa shape index (κ1) is 18.0. The summed E-state index contributed by atoms with van der Waals surface area (Å²) in [4.78, 5) is 15.6. The maximum Gasteiger partial charge on any atom is 0.229 e. The normalized spacial score (nSPS) is 25.8. The molecule has 1 aromatic rings. The van der Waals surface area contributed by atoms with Crippen molar-refractivity contribution in [1.29, 1.82) is 0 Å². The number of allylic oxidation sites excluding steroid dienone is 2. The van der Waals surface area contributed by atoms with E-state index in [1.807, 2.05) is 12.2 Å². The monoisotopic (exact) mass is 337 g/mol. The summed E-state index contributed by atoms with van der Waals surface area (Å²) >= 11 is 0. The molecule has 2 unspecified atom stereocenters. The third kappa shape index (κ3) is 3.31. The summed E-state index contributed by atoms with van der Waals surface area (Å²) < 4.78 is 0. The summed E-state index contributed by atoms with van der Waals surface area (Å²) in [7, 11) is 0. The summed E-state index contributed by atoms with van der Waals surface area (Å²) in [6.45, 7) is 11.0. The average molecular weight is 338 g/mol. The van der Waals surface area contributed by atoms with E-state index < -0.39 is 0 Å². The second-order valence-corrected chi connectivity index (χ2v) is 7.85. The fourth-order valence-corrected chi connectivity index (χ4v) is 5.04. The highest BCUT2D eigenvalue weighted by atomic mass is 16.2. The third-order valence-corrected chi connectivity index (χ3v) is 6.25. The molecule has 0 aromatic heterocycles. The number of nitrogens with zero attached hydrogens (tertiary/aromatic N) is 1. The Hall–Kier alpha value is -1.83. The minimum absolute atomic E-state index is 0.314. The van der Waals surface area contributed by atoms with E-state index in [0.717, 1.165) is 32.2 Å². The minimum Gasteiger partial charge on any atom is -0.339 e. The average Bonchev–Trinajstić information content (AvgIpc) is 2.83. The van der Waals surface area contributed by atoms with Crippen LogP contribution in [0.1, 0.15) is 62.0 Å². The van der Waals surface area contributed by atoms with Crippen LogP contribution in [0.5, 0.6) is 0 Å². The lowest BCUT2D eigenvalue weighted by atomic mass is 9.74. The number of hydrogen-bond donors (Lipinski definition) is 0. The standard InChI is InChI=1S/C23H31NO/c1-4-14-23(15-5-2)17-21-20(19-12-9-8-11-18(19)3)13-7-6-10-16-24(21)22(23)25/h4-5,8-9,11-12,20-21H,1-2,6-7,10,13-17H2,3H3. The smallest absolute Gasteiger partial charge is 0.229 e. The van der Waals surface area contributed by atoms with E-state index in [2.05, 4.69) is 49.2 Å². The molecule has 2 heterocycles. The predicted molar refractivity (Wildman–Crippen MR) is 105 cm³/mol. The van der Waals surface area contributed by atoms with Gasteiger partial charge in [-0.1, -0.05) is 49.3 Å². The maximum absolute atomic E-state index is 13.4. The zero-order valence-corrected chi connectivity index (χ0v) is 15.5. The van der Waals surface area contributed by atoms with Gasteiger partial charge >= 0.3 is 0 Å². The van der Waals surface area contributed by atoms with Crippen LogP contribution in [-0.2, 0) is 4.79 Å². The summed E-state index contributed by atoms with van der Waals surface area (Å²) in [5.41, 5.74) is 2.46. The van der Waals surface area contributed by atoms with E-state index in [0.29, 0.717) is 17.9 Å². The van der Waals surface area contributed by atoms with E-state index in [1.54, 1.807) is 0 Å². The lowest BCUT2D eigenvalue weighted by Gasteiger charge is -2.35. The Bertz CT molecular complexity index is 637. The van der Waals surface area contributed by atoms with Crippen LogP contribution in [0.15, 0.2) is 49.6 Å². The molecule has 0 aliphatic carbocycles. The number of hydrogen-bond acceptors (Lipinski definition) is 1. The number of carbonyl (C=O) groups is 1. The molecule has 2 aliphatic heterocycles. The van der Waals surface area contributed by atoms with Gasteiger partial charge in [0.2, 0.25) is 5.91 Å². The number of benzene rings is 1. The Morgan fingerprint density at radius 2 is 1.88 bits per heavy atom. The van der Waals surface area contributed by atoms with Gasteiger partial charge in [0.15, 0.2) is 0 Å². The van der Waals surface area contributed by atoms with Crippen LogP contribution in [0, 0.1) is 12.3 Å². The van der Waals surface area contributed by atoms with Crippen LogP contribution in [0.25, 0.3) is 0 Å². The summed E-state index contributed by atoms with van der Waals surface area (Å²) in [5.74, 6) is 0.778. The summed E-state index contributed by atoms with van der Waals surface area (Å²) in [6, 6.07) is 9.04. The van der Waals surface area contributed by atoms with E-state index >= 15 is 0 Å². The van der Waals surface area contributed by atoms with E-state index in [-0.39, 0.29) is 5.41 Å². The molecule has 1 amide bonds. The van der Waals surface area contributed by atoms with Gasteiger partial charge in [-0.2, -0.15) is 0 Å². The van der Waals surface area contributed by atoms with Crippen LogP contribution in [0.3, 0.4) is 0 Å². The Kier molecular flexibility index (Phi) is 5.46. The quantitative estimate of drug-likeness (QED) is 0.659. The molecule has 0 spiro atoms. The second kappa shape index (κ2) is 7.59. The first-order valence-electron chi connectivity index (χ1n) is 9.71. The van der Waals surface area contributed by atoms with Crippen molar-refractivity contribution in [1.82, 2.24) is 4.90 Å². The third-order valence-electron chi connectivity index (χ3n) is 6.25. The van der Waals surface area contributed by atoms with Gasteiger partial charge in [-0.3, -0.25) is 4.79 Å². The van der Waals surface area contributed by atoms with E-state index in [9.17, 15) is 4.79 Å². The number of rotatable bonds is 5. The largest absolute Gasteiger partial charge is 0.339 e. The zero-order valence-electron chi connectivity index (χ0n) is 15.5. The Labute approximate surface area is 152 Å². The van der Waals surface area contributed by atoms with E-state index in [1.165, 1.54) is 30.4 Å². The van der Waals surface area contributed by atoms with Gasteiger partial charge in [-0.25, -0.2) is 0 Å². The van der Waals surface area contributed by atoms with Crippen molar-refractivity contribution in [3.8, 4) is 0 Å². The second-order valence-electron chi connectivity index (χ2n) is 7.85. The van der Waals surface area contributed by atoms with Gasteiger partial charge in [0.05, 0.1) is 5.41 Å². The van der Waals surface area contributed by atoms with Gasteiger partial charge in [-0.05, 0) is 50.2 Å². The fourth-order valence-electron chi connectivity index (χ4n) is 5.04. The van der Waals surface area contributed by atoms with Crippen LogP contribution in [-0.4, -0.2) is 23.4 Å². The molecule has 2 atom stereocenters. The van der Waals surface area contributed by atoms with Gasteiger partial charge in [0.1, 0.15) is 0 Å². The molecule has 2 saturated heterocycles. The molecule has 2 heteroatoms. The molecule has 0 radical (unpaired) electrons. The van der Waals surface area contributed by atoms with Gasteiger partial charge in [-0.15, -0.1) is 13.2 Å². The molecule has 0 bridgehead atoms. The van der Waals surface area contributed by atoms with Crippen molar-refractivity contribution in [2.75, 3.05) is 6.54 Å². The first-order chi connectivity index (χ1) is 12.1. The molecule has 2 aliphatic rings. The highest BCUT2D eigenvalue weighted by Gasteiger charge is 2.52. The molecule has 3 rings (SSSR count). The number of carbonyl (C=O) groups excluding carboxylic acids is 1. The number of aryl methyl sites for hydroxylation is 1. The predicted octanol–water partition coefficient (Wildman–Crippen LogP) is 5.39. The van der Waals surface area contributed by atoms with Crippen molar-refractivity contribution < 1.29 is 4.79 Å². The highest BCUT2D eigenvalue weighted by Crippen LogP contribution is 2.49. The molecule has 134 valence electrons. The molecule has 25 heavy (non-hydrogen) atoms. The highest BCUT2D eigenvalue weighted by molar-refractivity contribution is 5.86. The van der Waals surface area contributed by atoms with Gasteiger partial charge in [0.25, 0.3) is 0 Å². The SMILES string of the molecule is C=CCC1(CC=C)CC2C(c3ccccc3C)CCCCCN2C1=O. The Morgan fingerprint density at radius 1 is 1.16 bits per heavy atom. The zero-order chi connectivity index (χ0) is 17.9. The molecule has 0 saturated carbocycles. The number of fused-ring (bicyclic) bond motifs is 1. The van der Waals surface area contributed by atoms with Crippen molar-refractivity contribution in [2.24, 2.45) is 5.41 Å². The maximum atomic E-state index is 13.4. The topological polar surface area (TPSA) is 20.3 Å². The number of amides is 1. The fraction of sp³-hybridized carbons (Fsp3) is 0.522. The molecular formula is C23H31NO. The van der Waals surface area contributed by atoms with Gasteiger partial charge < -0.3 is 4.90 Å². The summed E-state index contributed by atoms with van der Waals surface area (Å²) in [5, 5.41) is 0. The van der Waals surface area contributed by atoms with Crippen molar-refractivity contribution >= 4 is 5.91 Å². The van der Waals surface area contributed by atoms with Crippen LogP contribution in [0.2, 0.25) is 0 Å². The van der Waals surface area contributed by atoms with Crippen LogP contribution in [0.4, 0.5) is 0 Å². The molecule has 2 fully saturated rings. The molecule has 0 N–H and O–H groups in total. The van der Waals surface area contributed by atoms with Crippen LogP contribution >= 0.6 is 0 Å². The lowest BCUT2D eigenvalue weighted by Crippen LogP contribution is -2.40. The van der Waals surface area contributed by atoms with Crippen molar-refractivity contribution in [2.45, 2.75) is 63.8 Å². The Morgan fingerprint density at radius 3 is 2.56 bits per heavy atom. The van der Waals surface area contributed by atoms with Crippen molar-refractivity contribution in [3.63, 3.8) is 0 Å². The molecular weight excluding hydrogens is 306 g/mol. The first-order valence-corrected chi connectivity index (χ1v) is 9.71. The summed E-state index contributed by atoms with van der Waals surface area (Å²) in [6.07, 6.45) is 11.1. The van der Waals surface area contributed by atoms with Crippen LogP contribution < -0.4 is 0 Å². The van der Waals surface area contributed by atoms with Crippen molar-refractivity contribution in [3.05, 3.63) is 60.7 Å². The molecule has 2 nitrogen and oxygen atoms in total.